The quantitative estimate of drug-likeness (QED) is 0.336. The lowest BCUT2D eigenvalue weighted by molar-refractivity contribution is 0.244. The summed E-state index contributed by atoms with van der Waals surface area (Å²) in [5, 5.41) is 9.20. The van der Waals surface area contributed by atoms with Crippen molar-refractivity contribution >= 4 is 33.9 Å². The fourth-order valence-electron chi connectivity index (χ4n) is 5.41. The molecule has 6 rings (SSSR count). The van der Waals surface area contributed by atoms with Crippen molar-refractivity contribution in [3.05, 3.63) is 87.9 Å². The summed E-state index contributed by atoms with van der Waals surface area (Å²) in [5.41, 5.74) is 3.98. The highest BCUT2D eigenvalue weighted by Gasteiger charge is 2.53. The topological polar surface area (TPSA) is 135 Å². The van der Waals surface area contributed by atoms with Crippen LogP contribution in [0.5, 0.6) is 0 Å². The van der Waals surface area contributed by atoms with Crippen LogP contribution in [0.15, 0.2) is 72.9 Å². The molecule has 0 saturated carbocycles. The van der Waals surface area contributed by atoms with E-state index >= 15 is 0 Å². The van der Waals surface area contributed by atoms with Gasteiger partial charge in [-0.25, -0.2) is 14.2 Å². The minimum atomic E-state index is -1.33. The maximum absolute atomic E-state index is 13.5. The lowest BCUT2D eigenvalue weighted by atomic mass is 9.81. The molecule has 0 amide bonds. The first-order valence-electron chi connectivity index (χ1n) is 13.2. The van der Waals surface area contributed by atoms with Gasteiger partial charge < -0.3 is 14.1 Å². The van der Waals surface area contributed by atoms with Crippen molar-refractivity contribution in [2.24, 2.45) is 22.0 Å². The van der Waals surface area contributed by atoms with Gasteiger partial charge in [-0.2, -0.15) is 4.68 Å². The zero-order valence-corrected chi connectivity index (χ0v) is 23.1. The smallest absolute Gasteiger partial charge is 0.389 e. The Morgan fingerprint density at radius 1 is 1.32 bits per heavy atom. The van der Waals surface area contributed by atoms with E-state index in [9.17, 15) is 9.18 Å². The van der Waals surface area contributed by atoms with Gasteiger partial charge in [0.2, 0.25) is 0 Å². The van der Waals surface area contributed by atoms with Gasteiger partial charge in [0.15, 0.2) is 11.4 Å². The van der Waals surface area contributed by atoms with Crippen LogP contribution in [0.4, 0.5) is 4.39 Å². The van der Waals surface area contributed by atoms with Crippen molar-refractivity contribution in [2.75, 3.05) is 20.3 Å². The highest BCUT2D eigenvalue weighted by atomic mass is 19.1. The Balaban J connectivity index is 1.56. The number of hydrogen-bond donors (Lipinski definition) is 2. The second kappa shape index (κ2) is 10.5. The highest BCUT2D eigenvalue weighted by molar-refractivity contribution is 6.11. The number of halogens is 1. The van der Waals surface area contributed by atoms with Crippen molar-refractivity contribution < 1.29 is 13.5 Å². The number of methoxy groups -OCH3 is 1. The monoisotopic (exact) mass is 556 g/mol. The van der Waals surface area contributed by atoms with Gasteiger partial charge in [-0.05, 0) is 44.0 Å². The SMILES string of the molecule is C/C=C(\N=C(C)[C@H]1Cc2c([nH]c3ccccc23)C(C2=NCC(COC)=N2)(c2nn(C)c(=O)o2)N1)c1ccc(F)cn1. The Hall–Kier alpha value is -4.55. The van der Waals surface area contributed by atoms with Crippen LogP contribution in [0, 0.1) is 5.82 Å². The average molecular weight is 557 g/mol. The van der Waals surface area contributed by atoms with Crippen molar-refractivity contribution in [2.45, 2.75) is 31.8 Å². The minimum Gasteiger partial charge on any atom is -0.389 e. The van der Waals surface area contributed by atoms with Crippen LogP contribution in [0.2, 0.25) is 0 Å². The van der Waals surface area contributed by atoms with E-state index in [4.69, 9.17) is 24.1 Å². The number of para-hydroxylation sites is 1. The molecule has 1 unspecified atom stereocenters. The van der Waals surface area contributed by atoms with Crippen LogP contribution in [0.25, 0.3) is 16.6 Å². The van der Waals surface area contributed by atoms with Gasteiger partial charge in [-0.3, -0.25) is 20.3 Å². The second-order valence-electron chi connectivity index (χ2n) is 10.0. The largest absolute Gasteiger partial charge is 0.436 e. The fourth-order valence-corrected chi connectivity index (χ4v) is 5.41. The van der Waals surface area contributed by atoms with Gasteiger partial charge >= 0.3 is 5.76 Å². The molecule has 0 radical (unpaired) electrons. The van der Waals surface area contributed by atoms with Crippen LogP contribution in [-0.4, -0.2) is 63.3 Å². The summed E-state index contributed by atoms with van der Waals surface area (Å²) < 4.78 is 25.8. The molecule has 2 atom stereocenters. The third-order valence-corrected chi connectivity index (χ3v) is 7.38. The standard InChI is InChI=1S/C29H29FN8O3/c1-5-21(23-11-10-17(30)13-31-23)33-16(2)24-12-20-19-8-6-7-9-22(19)35-25(20)29(36-24,27-37-38(3)28(39)41-27)26-32-14-18(34-26)15-40-4/h5-11,13,24,35-36H,12,14-15H2,1-4H3/b21-5-,33-16?/t24-,29?/m1/s1. The van der Waals surface area contributed by atoms with Crippen molar-refractivity contribution in [3.63, 3.8) is 0 Å². The molecule has 11 nitrogen and oxygen atoms in total. The van der Waals surface area contributed by atoms with E-state index in [0.29, 0.717) is 36.8 Å². The summed E-state index contributed by atoms with van der Waals surface area (Å²) in [7, 11) is 3.14. The van der Waals surface area contributed by atoms with Crippen LogP contribution >= 0.6 is 0 Å². The van der Waals surface area contributed by atoms with E-state index < -0.39 is 17.1 Å². The number of aryl methyl sites for hydroxylation is 1. The minimum absolute atomic E-state index is 0.114. The number of ether oxygens (including phenoxy) is 1. The molecule has 0 spiro atoms. The number of H-pyrrole nitrogens is 1. The summed E-state index contributed by atoms with van der Waals surface area (Å²) in [6, 6.07) is 10.6. The molecule has 0 fully saturated rings. The Kier molecular flexibility index (Phi) is 6.80. The van der Waals surface area contributed by atoms with Crippen molar-refractivity contribution in [3.8, 4) is 0 Å². The molecule has 1 aromatic carbocycles. The van der Waals surface area contributed by atoms with E-state index in [1.165, 1.54) is 19.3 Å². The second-order valence-corrected chi connectivity index (χ2v) is 10.0. The zero-order valence-electron chi connectivity index (χ0n) is 23.1. The van der Waals surface area contributed by atoms with Crippen LogP contribution < -0.4 is 11.1 Å². The first-order chi connectivity index (χ1) is 19.8. The normalized spacial score (nSPS) is 21.2. The van der Waals surface area contributed by atoms with Crippen molar-refractivity contribution in [1.82, 2.24) is 25.1 Å². The Morgan fingerprint density at radius 3 is 2.85 bits per heavy atom. The van der Waals surface area contributed by atoms with Crippen LogP contribution in [0.3, 0.4) is 0 Å². The lowest BCUT2D eigenvalue weighted by Gasteiger charge is -2.39. The number of hydrogen-bond acceptors (Lipinski definition) is 9. The molecule has 0 bridgehead atoms. The predicted molar refractivity (Wildman–Crippen MR) is 154 cm³/mol. The number of allylic oxidation sites excluding steroid dienone is 1. The first kappa shape index (κ1) is 26.7. The molecule has 2 N–H and O–H groups in total. The van der Waals surface area contributed by atoms with Gasteiger partial charge in [0, 0.05) is 30.8 Å². The number of aliphatic imine (C=N–C) groups is 3. The van der Waals surface area contributed by atoms with Gasteiger partial charge in [-0.15, -0.1) is 5.10 Å². The fraction of sp³-hybridized carbons (Fsp3) is 0.310. The first-order valence-corrected chi connectivity index (χ1v) is 13.2. The number of amidine groups is 1. The summed E-state index contributed by atoms with van der Waals surface area (Å²) in [4.78, 5) is 34.9. The molecule has 3 aromatic heterocycles. The van der Waals surface area contributed by atoms with Crippen molar-refractivity contribution in [1.29, 1.82) is 0 Å². The molecule has 0 aliphatic carbocycles. The molecule has 5 heterocycles. The molecule has 210 valence electrons. The molecule has 2 aliphatic heterocycles. The number of aromatic nitrogens is 4. The highest BCUT2D eigenvalue weighted by Crippen LogP contribution is 2.41. The number of pyridine rings is 1. The number of rotatable bonds is 7. The van der Waals surface area contributed by atoms with E-state index in [1.54, 1.807) is 13.2 Å². The van der Waals surface area contributed by atoms with Crippen LogP contribution in [-0.2, 0) is 23.7 Å². The van der Waals surface area contributed by atoms with E-state index in [-0.39, 0.29) is 11.9 Å². The molecule has 4 aromatic rings. The van der Waals surface area contributed by atoms with E-state index in [2.05, 4.69) is 26.4 Å². The van der Waals surface area contributed by atoms with Gasteiger partial charge in [-0.1, -0.05) is 24.3 Å². The third-order valence-electron chi connectivity index (χ3n) is 7.38. The summed E-state index contributed by atoms with van der Waals surface area (Å²) in [6.07, 6.45) is 3.57. The molecule has 0 saturated heterocycles. The number of aromatic amines is 1. The van der Waals surface area contributed by atoms with E-state index in [0.717, 1.165) is 38.3 Å². The number of fused-ring (bicyclic) bond motifs is 3. The maximum Gasteiger partial charge on any atom is 0.436 e. The Bertz CT molecular complexity index is 1810. The Labute approximate surface area is 234 Å². The molecule has 2 aliphatic rings. The van der Waals surface area contributed by atoms with Gasteiger partial charge in [0.1, 0.15) is 5.82 Å². The molecular formula is C29H29FN8O3. The van der Waals surface area contributed by atoms with Gasteiger partial charge in [0.25, 0.3) is 5.89 Å². The van der Waals surface area contributed by atoms with Crippen LogP contribution in [0.1, 0.15) is 36.7 Å². The summed E-state index contributed by atoms with van der Waals surface area (Å²) in [6.45, 7) is 4.43. The molecule has 41 heavy (non-hydrogen) atoms. The number of nitrogens with zero attached hydrogens (tertiary/aromatic N) is 6. The zero-order chi connectivity index (χ0) is 28.7. The number of benzene rings is 1. The molecular weight excluding hydrogens is 527 g/mol. The Morgan fingerprint density at radius 2 is 2.15 bits per heavy atom. The predicted octanol–water partition coefficient (Wildman–Crippen LogP) is 3.17. The summed E-state index contributed by atoms with van der Waals surface area (Å²) in [5.74, 6) is -0.506. The summed E-state index contributed by atoms with van der Waals surface area (Å²) >= 11 is 0. The average Bonchev–Trinajstić information content (AvgIpc) is 3.69. The van der Waals surface area contributed by atoms with E-state index in [1.807, 2.05) is 38.1 Å². The lowest BCUT2D eigenvalue weighted by Crippen LogP contribution is -2.59. The maximum atomic E-state index is 13.5. The number of nitrogens with one attached hydrogen (secondary N) is 2. The third kappa shape index (κ3) is 4.54. The van der Waals surface area contributed by atoms with Gasteiger partial charge in [0.05, 0.1) is 48.2 Å². The molecule has 12 heteroatoms.